The van der Waals surface area contributed by atoms with Gasteiger partial charge in [0.1, 0.15) is 11.6 Å². The SMILES string of the molecule is C=CCC(NC(=O)c1c(C)cc(C)[nH]c1=O)C(=O)O. The van der Waals surface area contributed by atoms with Gasteiger partial charge in [-0.15, -0.1) is 6.58 Å². The van der Waals surface area contributed by atoms with Crippen molar-refractivity contribution in [3.8, 4) is 0 Å². The number of carbonyl (C=O) groups excluding carboxylic acids is 1. The van der Waals surface area contributed by atoms with Gasteiger partial charge < -0.3 is 15.4 Å². The lowest BCUT2D eigenvalue weighted by Crippen LogP contribution is -2.42. The van der Waals surface area contributed by atoms with Crippen LogP contribution in [0.15, 0.2) is 23.5 Å². The first kappa shape index (κ1) is 14.7. The van der Waals surface area contributed by atoms with Crippen molar-refractivity contribution in [2.24, 2.45) is 0 Å². The zero-order valence-electron chi connectivity index (χ0n) is 10.8. The van der Waals surface area contributed by atoms with Crippen LogP contribution in [0.4, 0.5) is 0 Å². The number of H-pyrrole nitrogens is 1. The molecule has 0 aliphatic carbocycles. The number of amides is 1. The Morgan fingerprint density at radius 1 is 1.53 bits per heavy atom. The predicted molar refractivity (Wildman–Crippen MR) is 70.2 cm³/mol. The molecule has 0 saturated heterocycles. The normalized spacial score (nSPS) is 11.7. The molecule has 1 aromatic rings. The highest BCUT2D eigenvalue weighted by molar-refractivity contribution is 5.97. The number of hydrogen-bond acceptors (Lipinski definition) is 3. The molecular formula is C13H16N2O4. The van der Waals surface area contributed by atoms with Crippen LogP contribution in [-0.4, -0.2) is 28.0 Å². The molecule has 102 valence electrons. The zero-order valence-corrected chi connectivity index (χ0v) is 10.8. The molecule has 0 aliphatic heterocycles. The lowest BCUT2D eigenvalue weighted by Gasteiger charge is -2.13. The van der Waals surface area contributed by atoms with Crippen molar-refractivity contribution in [2.45, 2.75) is 26.3 Å². The van der Waals surface area contributed by atoms with Crippen molar-refractivity contribution in [2.75, 3.05) is 0 Å². The maximum atomic E-state index is 12.0. The smallest absolute Gasteiger partial charge is 0.326 e. The van der Waals surface area contributed by atoms with Gasteiger partial charge in [-0.1, -0.05) is 6.08 Å². The second-order valence-corrected chi connectivity index (χ2v) is 4.23. The first-order valence-corrected chi connectivity index (χ1v) is 5.72. The highest BCUT2D eigenvalue weighted by atomic mass is 16.4. The standard InChI is InChI=1S/C13H16N2O4/c1-4-5-9(13(18)19)15-12(17)10-7(2)6-8(3)14-11(10)16/h4,6,9H,1,5H2,2-3H3,(H,14,16)(H,15,17)(H,18,19). The largest absolute Gasteiger partial charge is 0.480 e. The van der Waals surface area contributed by atoms with Crippen molar-refractivity contribution in [3.05, 3.63) is 45.9 Å². The minimum absolute atomic E-state index is 0.0686. The van der Waals surface area contributed by atoms with E-state index >= 15 is 0 Å². The van der Waals surface area contributed by atoms with Crippen molar-refractivity contribution in [1.82, 2.24) is 10.3 Å². The van der Waals surface area contributed by atoms with E-state index in [9.17, 15) is 14.4 Å². The predicted octanol–water partition coefficient (Wildman–Crippen LogP) is 0.751. The number of aromatic amines is 1. The average Bonchev–Trinajstić information content (AvgIpc) is 2.26. The number of carboxylic acids is 1. The number of aryl methyl sites for hydroxylation is 2. The summed E-state index contributed by atoms with van der Waals surface area (Å²) in [5.41, 5.74) is 0.542. The molecule has 1 amide bonds. The Bertz CT molecular complexity index is 574. The number of aliphatic carboxylic acids is 1. The number of nitrogens with one attached hydrogen (secondary N) is 2. The molecule has 1 rings (SSSR count). The molecule has 3 N–H and O–H groups in total. The van der Waals surface area contributed by atoms with Gasteiger partial charge in [0.15, 0.2) is 0 Å². The van der Waals surface area contributed by atoms with Gasteiger partial charge in [-0.3, -0.25) is 9.59 Å². The Morgan fingerprint density at radius 3 is 2.63 bits per heavy atom. The topological polar surface area (TPSA) is 99.3 Å². The minimum Gasteiger partial charge on any atom is -0.480 e. The maximum absolute atomic E-state index is 12.0. The second kappa shape index (κ2) is 5.99. The van der Waals surface area contributed by atoms with Gasteiger partial charge in [0.05, 0.1) is 0 Å². The molecule has 0 bridgehead atoms. The lowest BCUT2D eigenvalue weighted by atomic mass is 10.1. The van der Waals surface area contributed by atoms with Gasteiger partial charge >= 0.3 is 5.97 Å². The molecule has 0 aliphatic rings. The first-order chi connectivity index (χ1) is 8.86. The van der Waals surface area contributed by atoms with Crippen LogP contribution >= 0.6 is 0 Å². The first-order valence-electron chi connectivity index (χ1n) is 5.72. The zero-order chi connectivity index (χ0) is 14.6. The molecule has 0 aromatic carbocycles. The number of rotatable bonds is 5. The minimum atomic E-state index is -1.17. The average molecular weight is 264 g/mol. The van der Waals surface area contributed by atoms with Gasteiger partial charge in [0.2, 0.25) is 0 Å². The van der Waals surface area contributed by atoms with E-state index in [4.69, 9.17) is 5.11 Å². The third kappa shape index (κ3) is 3.54. The number of carbonyl (C=O) groups is 2. The molecule has 6 heteroatoms. The summed E-state index contributed by atoms with van der Waals surface area (Å²) < 4.78 is 0. The third-order valence-corrected chi connectivity index (χ3v) is 2.60. The van der Waals surface area contributed by atoms with E-state index in [1.54, 1.807) is 19.9 Å². The van der Waals surface area contributed by atoms with Crippen LogP contribution in [-0.2, 0) is 4.79 Å². The Morgan fingerprint density at radius 2 is 2.16 bits per heavy atom. The maximum Gasteiger partial charge on any atom is 0.326 e. The van der Waals surface area contributed by atoms with Crippen LogP contribution in [0, 0.1) is 13.8 Å². The highest BCUT2D eigenvalue weighted by Gasteiger charge is 2.22. The van der Waals surface area contributed by atoms with E-state index in [1.165, 1.54) is 6.08 Å². The second-order valence-electron chi connectivity index (χ2n) is 4.23. The number of hydrogen-bond donors (Lipinski definition) is 3. The molecule has 1 unspecified atom stereocenters. The summed E-state index contributed by atoms with van der Waals surface area (Å²) in [6.07, 6.45) is 1.48. The number of aromatic nitrogens is 1. The summed E-state index contributed by atoms with van der Waals surface area (Å²) >= 11 is 0. The number of pyridine rings is 1. The van der Waals surface area contributed by atoms with Gasteiger partial charge in [0, 0.05) is 5.69 Å². The summed E-state index contributed by atoms with van der Waals surface area (Å²) in [6, 6.07) is 0.560. The van der Waals surface area contributed by atoms with Crippen molar-refractivity contribution in [3.63, 3.8) is 0 Å². The van der Waals surface area contributed by atoms with Gasteiger partial charge in [-0.05, 0) is 31.9 Å². The Balaban J connectivity index is 3.04. The third-order valence-electron chi connectivity index (χ3n) is 2.60. The number of carboxylic acid groups (broad SMARTS) is 1. The fraction of sp³-hybridized carbons (Fsp3) is 0.308. The van der Waals surface area contributed by atoms with Gasteiger partial charge in [-0.25, -0.2) is 4.79 Å². The fourth-order valence-corrected chi connectivity index (χ4v) is 1.75. The van der Waals surface area contributed by atoms with Crippen molar-refractivity contribution >= 4 is 11.9 Å². The Kier molecular flexibility index (Phi) is 4.63. The summed E-state index contributed by atoms with van der Waals surface area (Å²) in [5.74, 6) is -1.87. The molecular weight excluding hydrogens is 248 g/mol. The van der Waals surface area contributed by atoms with E-state index in [0.29, 0.717) is 11.3 Å². The molecule has 6 nitrogen and oxygen atoms in total. The van der Waals surface area contributed by atoms with Gasteiger partial charge in [-0.2, -0.15) is 0 Å². The van der Waals surface area contributed by atoms with Crippen molar-refractivity contribution in [1.29, 1.82) is 0 Å². The quantitative estimate of drug-likeness (QED) is 0.683. The van der Waals surface area contributed by atoms with Crippen LogP contribution in [0.25, 0.3) is 0 Å². The Hall–Kier alpha value is -2.37. The molecule has 1 atom stereocenters. The summed E-state index contributed by atoms with van der Waals surface area (Å²) in [5, 5.41) is 11.2. The fourth-order valence-electron chi connectivity index (χ4n) is 1.75. The van der Waals surface area contributed by atoms with Crippen LogP contribution in [0.2, 0.25) is 0 Å². The van der Waals surface area contributed by atoms with E-state index in [1.807, 2.05) is 0 Å². The molecule has 1 heterocycles. The molecule has 1 aromatic heterocycles. The Labute approximate surface area is 110 Å². The summed E-state index contributed by atoms with van der Waals surface area (Å²) in [7, 11) is 0. The van der Waals surface area contributed by atoms with Crippen molar-refractivity contribution < 1.29 is 14.7 Å². The molecule has 0 saturated carbocycles. The van der Waals surface area contributed by atoms with Crippen LogP contribution in [0.3, 0.4) is 0 Å². The molecule has 0 fully saturated rings. The van der Waals surface area contributed by atoms with Gasteiger partial charge in [0.25, 0.3) is 11.5 Å². The highest BCUT2D eigenvalue weighted by Crippen LogP contribution is 2.04. The molecule has 19 heavy (non-hydrogen) atoms. The molecule has 0 spiro atoms. The van der Waals surface area contributed by atoms with E-state index < -0.39 is 23.5 Å². The molecule has 0 radical (unpaired) electrons. The monoisotopic (exact) mass is 264 g/mol. The van der Waals surface area contributed by atoms with Crippen LogP contribution < -0.4 is 10.9 Å². The van der Waals surface area contributed by atoms with E-state index in [2.05, 4.69) is 16.9 Å². The summed E-state index contributed by atoms with van der Waals surface area (Å²) in [4.78, 5) is 37.1. The van der Waals surface area contributed by atoms with E-state index in [-0.39, 0.29) is 12.0 Å². The summed E-state index contributed by atoms with van der Waals surface area (Å²) in [6.45, 7) is 6.75. The van der Waals surface area contributed by atoms with E-state index in [0.717, 1.165) is 0 Å². The lowest BCUT2D eigenvalue weighted by molar-refractivity contribution is -0.139. The van der Waals surface area contributed by atoms with Crippen LogP contribution in [0.1, 0.15) is 28.0 Å². The van der Waals surface area contributed by atoms with Crippen LogP contribution in [0.5, 0.6) is 0 Å².